The number of piperazine rings is 1. The molecule has 1 saturated heterocycles. The topological polar surface area (TPSA) is 88.2 Å². The highest BCUT2D eigenvalue weighted by Crippen LogP contribution is 2.25. The summed E-state index contributed by atoms with van der Waals surface area (Å²) in [5, 5.41) is 7.27. The van der Waals surface area contributed by atoms with Crippen LogP contribution in [0.5, 0.6) is 11.5 Å². The lowest BCUT2D eigenvalue weighted by Crippen LogP contribution is -2.52. The van der Waals surface area contributed by atoms with Crippen LogP contribution in [0, 0.1) is 6.92 Å². The van der Waals surface area contributed by atoms with Crippen LogP contribution < -0.4 is 14.8 Å². The molecule has 9 nitrogen and oxygen atoms in total. The lowest BCUT2D eigenvalue weighted by atomic mass is 10.1. The van der Waals surface area contributed by atoms with E-state index in [0.29, 0.717) is 18.3 Å². The maximum absolute atomic E-state index is 5.51. The lowest BCUT2D eigenvalue weighted by molar-refractivity contribution is 0.171. The van der Waals surface area contributed by atoms with Gasteiger partial charge >= 0.3 is 0 Å². The summed E-state index contributed by atoms with van der Waals surface area (Å²) in [6.45, 7) is 9.54. The molecule has 0 amide bonds. The van der Waals surface area contributed by atoms with Gasteiger partial charge in [-0.3, -0.25) is 4.90 Å². The van der Waals surface area contributed by atoms with Crippen molar-refractivity contribution in [2.24, 2.45) is 4.99 Å². The van der Waals surface area contributed by atoms with Crippen molar-refractivity contribution >= 4 is 5.96 Å². The molecule has 0 radical (unpaired) electrons. The number of nitrogens with zero attached hydrogens (tertiary/aromatic N) is 5. The van der Waals surface area contributed by atoms with Crippen molar-refractivity contribution < 1.29 is 14.0 Å². The number of aryl methyl sites for hydroxylation is 1. The average Bonchev–Trinajstić information content (AvgIpc) is 3.17. The van der Waals surface area contributed by atoms with E-state index in [4.69, 9.17) is 14.0 Å². The van der Waals surface area contributed by atoms with Gasteiger partial charge in [0.1, 0.15) is 18.0 Å². The fourth-order valence-corrected chi connectivity index (χ4v) is 3.34. The van der Waals surface area contributed by atoms with Gasteiger partial charge in [0.15, 0.2) is 11.8 Å². The first-order valence-electron chi connectivity index (χ1n) is 9.88. The Balaban J connectivity index is 1.59. The monoisotopic (exact) mass is 402 g/mol. The van der Waals surface area contributed by atoms with Crippen LogP contribution in [0.1, 0.15) is 24.2 Å². The summed E-state index contributed by atoms with van der Waals surface area (Å²) in [7, 11) is 3.38. The molecule has 0 saturated carbocycles. The molecule has 0 atom stereocenters. The molecule has 1 aliphatic heterocycles. The third-order valence-corrected chi connectivity index (χ3v) is 4.83. The molecule has 2 aromatic rings. The molecule has 9 heteroatoms. The second-order valence-electron chi connectivity index (χ2n) is 6.84. The zero-order valence-electron chi connectivity index (χ0n) is 17.6. The van der Waals surface area contributed by atoms with E-state index in [1.54, 1.807) is 21.1 Å². The Morgan fingerprint density at radius 3 is 2.62 bits per heavy atom. The SMILES string of the molecule is CCNC(=NCc1noc(C)n1)N1CCN(Cc2cc(OC)ccc2OC)CC1. The lowest BCUT2D eigenvalue weighted by Gasteiger charge is -2.36. The minimum atomic E-state index is 0.404. The van der Waals surface area contributed by atoms with Crippen LogP contribution in [0.15, 0.2) is 27.7 Å². The van der Waals surface area contributed by atoms with Gasteiger partial charge in [0.25, 0.3) is 0 Å². The zero-order valence-corrected chi connectivity index (χ0v) is 17.6. The summed E-state index contributed by atoms with van der Waals surface area (Å²) in [6.07, 6.45) is 0. The van der Waals surface area contributed by atoms with Crippen LogP contribution in [0.3, 0.4) is 0 Å². The van der Waals surface area contributed by atoms with E-state index in [-0.39, 0.29) is 0 Å². The van der Waals surface area contributed by atoms with Gasteiger partial charge < -0.3 is 24.2 Å². The number of benzene rings is 1. The van der Waals surface area contributed by atoms with Gasteiger partial charge in [0, 0.05) is 51.8 Å². The first kappa shape index (κ1) is 20.9. The third kappa shape index (κ3) is 5.60. The molecule has 0 bridgehead atoms. The molecule has 1 N–H and O–H groups in total. The first-order chi connectivity index (χ1) is 14.1. The van der Waals surface area contributed by atoms with Crippen LogP contribution in [0.4, 0.5) is 0 Å². The van der Waals surface area contributed by atoms with E-state index in [9.17, 15) is 0 Å². The number of aromatic nitrogens is 2. The number of aliphatic imine (C=N–C) groups is 1. The molecule has 2 heterocycles. The Morgan fingerprint density at radius 2 is 2.00 bits per heavy atom. The predicted octanol–water partition coefficient (Wildman–Crippen LogP) is 1.68. The fraction of sp³-hybridized carbons (Fsp3) is 0.550. The molecule has 29 heavy (non-hydrogen) atoms. The second-order valence-corrected chi connectivity index (χ2v) is 6.84. The number of nitrogens with one attached hydrogen (secondary N) is 1. The van der Waals surface area contributed by atoms with E-state index in [2.05, 4.69) is 37.2 Å². The quantitative estimate of drug-likeness (QED) is 0.553. The highest BCUT2D eigenvalue weighted by atomic mass is 16.5. The molecule has 0 aliphatic carbocycles. The summed E-state index contributed by atoms with van der Waals surface area (Å²) in [6, 6.07) is 5.92. The van der Waals surface area contributed by atoms with Crippen molar-refractivity contribution in [1.82, 2.24) is 25.3 Å². The van der Waals surface area contributed by atoms with Crippen molar-refractivity contribution in [3.63, 3.8) is 0 Å². The largest absolute Gasteiger partial charge is 0.497 e. The van der Waals surface area contributed by atoms with Gasteiger partial charge in [-0.25, -0.2) is 4.99 Å². The van der Waals surface area contributed by atoms with Crippen LogP contribution in [0.25, 0.3) is 0 Å². The molecule has 1 fully saturated rings. The smallest absolute Gasteiger partial charge is 0.223 e. The third-order valence-electron chi connectivity index (χ3n) is 4.83. The van der Waals surface area contributed by atoms with Crippen molar-refractivity contribution in [3.05, 3.63) is 35.5 Å². The number of rotatable bonds is 7. The van der Waals surface area contributed by atoms with Crippen LogP contribution in [-0.2, 0) is 13.1 Å². The molecule has 1 aromatic carbocycles. The highest BCUT2D eigenvalue weighted by molar-refractivity contribution is 5.80. The van der Waals surface area contributed by atoms with E-state index in [1.165, 1.54) is 0 Å². The Hall–Kier alpha value is -2.81. The summed E-state index contributed by atoms with van der Waals surface area (Å²) < 4.78 is 15.9. The molecule has 0 spiro atoms. The molecule has 158 valence electrons. The van der Waals surface area contributed by atoms with Crippen molar-refractivity contribution in [2.75, 3.05) is 46.9 Å². The molecule has 1 aliphatic rings. The van der Waals surface area contributed by atoms with Gasteiger partial charge in [-0.15, -0.1) is 0 Å². The van der Waals surface area contributed by atoms with Crippen molar-refractivity contribution in [1.29, 1.82) is 0 Å². The van der Waals surface area contributed by atoms with E-state index >= 15 is 0 Å². The highest BCUT2D eigenvalue weighted by Gasteiger charge is 2.21. The predicted molar refractivity (Wildman–Crippen MR) is 110 cm³/mol. The number of hydrogen-bond donors (Lipinski definition) is 1. The Morgan fingerprint density at radius 1 is 1.21 bits per heavy atom. The fourth-order valence-electron chi connectivity index (χ4n) is 3.34. The van der Waals surface area contributed by atoms with Crippen molar-refractivity contribution in [3.8, 4) is 11.5 Å². The first-order valence-corrected chi connectivity index (χ1v) is 9.88. The summed E-state index contributed by atoms with van der Waals surface area (Å²) in [5.74, 6) is 3.77. The number of ether oxygens (including phenoxy) is 2. The van der Waals surface area contributed by atoms with Crippen LogP contribution >= 0.6 is 0 Å². The molecule has 1 aromatic heterocycles. The summed E-state index contributed by atoms with van der Waals surface area (Å²) >= 11 is 0. The van der Waals surface area contributed by atoms with Gasteiger partial charge in [-0.2, -0.15) is 4.98 Å². The number of guanidine groups is 1. The van der Waals surface area contributed by atoms with Crippen LogP contribution in [-0.4, -0.2) is 72.8 Å². The standard InChI is InChI=1S/C20H30N6O3/c1-5-21-20(22-13-19-23-15(2)29-24-19)26-10-8-25(9-11-26)14-16-12-17(27-3)6-7-18(16)28-4/h6-7,12H,5,8-11,13-14H2,1-4H3,(H,21,22). The zero-order chi connectivity index (χ0) is 20.6. The van der Waals surface area contributed by atoms with Gasteiger partial charge in [0.2, 0.25) is 5.89 Å². The van der Waals surface area contributed by atoms with Crippen molar-refractivity contribution in [2.45, 2.75) is 26.9 Å². The average molecular weight is 402 g/mol. The number of hydrogen-bond acceptors (Lipinski definition) is 7. The van der Waals surface area contributed by atoms with E-state index in [0.717, 1.165) is 62.3 Å². The maximum Gasteiger partial charge on any atom is 0.223 e. The van der Waals surface area contributed by atoms with Crippen LogP contribution in [0.2, 0.25) is 0 Å². The minimum Gasteiger partial charge on any atom is -0.497 e. The van der Waals surface area contributed by atoms with Gasteiger partial charge in [0.05, 0.1) is 14.2 Å². The maximum atomic E-state index is 5.51. The normalized spacial score (nSPS) is 15.4. The summed E-state index contributed by atoms with van der Waals surface area (Å²) in [4.78, 5) is 13.6. The Kier molecular flexibility index (Phi) is 7.29. The van der Waals surface area contributed by atoms with E-state index in [1.807, 2.05) is 18.2 Å². The van der Waals surface area contributed by atoms with Gasteiger partial charge in [-0.1, -0.05) is 5.16 Å². The Bertz CT molecular complexity index is 814. The number of methoxy groups -OCH3 is 2. The van der Waals surface area contributed by atoms with E-state index < -0.39 is 0 Å². The molecular formula is C20H30N6O3. The molecule has 3 rings (SSSR count). The van der Waals surface area contributed by atoms with Gasteiger partial charge in [-0.05, 0) is 25.1 Å². The summed E-state index contributed by atoms with van der Waals surface area (Å²) in [5.41, 5.74) is 1.13. The Labute approximate surface area is 171 Å². The molecular weight excluding hydrogens is 372 g/mol. The second kappa shape index (κ2) is 10.1. The minimum absolute atomic E-state index is 0.404. The molecule has 0 unspecified atom stereocenters.